The van der Waals surface area contributed by atoms with Gasteiger partial charge >= 0.3 is 0 Å². The van der Waals surface area contributed by atoms with Gasteiger partial charge in [-0.3, -0.25) is 0 Å². The first-order chi connectivity index (χ1) is 7.65. The van der Waals surface area contributed by atoms with E-state index < -0.39 is 0 Å². The van der Waals surface area contributed by atoms with E-state index in [0.29, 0.717) is 29.2 Å². The van der Waals surface area contributed by atoms with Crippen LogP contribution in [0.5, 0.6) is 5.88 Å². The van der Waals surface area contributed by atoms with Crippen molar-refractivity contribution >= 4 is 0 Å². The Morgan fingerprint density at radius 3 is 2.44 bits per heavy atom. The molecule has 2 aromatic heterocycles. The van der Waals surface area contributed by atoms with E-state index in [2.05, 4.69) is 9.97 Å². The summed E-state index contributed by atoms with van der Waals surface area (Å²) < 4.78 is 16.0. The lowest BCUT2D eigenvalue weighted by Crippen LogP contribution is -1.95. The molecule has 2 heterocycles. The van der Waals surface area contributed by atoms with Crippen LogP contribution >= 0.6 is 0 Å². The van der Waals surface area contributed by atoms with Gasteiger partial charge in [-0.1, -0.05) is 0 Å². The molecular formula is C10H13N3O3. The summed E-state index contributed by atoms with van der Waals surface area (Å²) in [7, 11) is 1.51. The number of methoxy groups -OCH3 is 1. The third-order valence-corrected chi connectivity index (χ3v) is 2.12. The van der Waals surface area contributed by atoms with Gasteiger partial charge in [-0.05, 0) is 6.92 Å². The van der Waals surface area contributed by atoms with Crippen LogP contribution in [0, 0.1) is 13.8 Å². The molecule has 0 aliphatic carbocycles. The Labute approximate surface area is 92.4 Å². The zero-order valence-electron chi connectivity index (χ0n) is 9.40. The minimum atomic E-state index is 0.211. The summed E-state index contributed by atoms with van der Waals surface area (Å²) in [5, 5.41) is 0. The molecule has 0 saturated heterocycles. The predicted octanol–water partition coefficient (Wildman–Crippen LogP) is 1.41. The van der Waals surface area contributed by atoms with Gasteiger partial charge in [-0.25, -0.2) is 4.98 Å². The molecule has 86 valence electrons. The van der Waals surface area contributed by atoms with Gasteiger partial charge in [0.2, 0.25) is 11.7 Å². The van der Waals surface area contributed by atoms with Gasteiger partial charge in [-0.2, -0.15) is 4.98 Å². The van der Waals surface area contributed by atoms with E-state index in [-0.39, 0.29) is 6.54 Å². The van der Waals surface area contributed by atoms with Crippen LogP contribution < -0.4 is 10.5 Å². The van der Waals surface area contributed by atoms with Crippen LogP contribution in [0.2, 0.25) is 0 Å². The Balaban J connectivity index is 2.54. The van der Waals surface area contributed by atoms with Crippen molar-refractivity contribution in [2.45, 2.75) is 20.4 Å². The van der Waals surface area contributed by atoms with E-state index >= 15 is 0 Å². The first kappa shape index (κ1) is 10.7. The second kappa shape index (κ2) is 3.97. The highest BCUT2D eigenvalue weighted by Gasteiger charge is 2.21. The van der Waals surface area contributed by atoms with Crippen molar-refractivity contribution in [3.8, 4) is 17.4 Å². The number of aromatic nitrogens is 2. The maximum Gasteiger partial charge on any atom is 0.264 e. The number of aryl methyl sites for hydroxylation is 2. The molecule has 0 amide bonds. The summed E-state index contributed by atoms with van der Waals surface area (Å²) in [4.78, 5) is 8.23. The van der Waals surface area contributed by atoms with Crippen molar-refractivity contribution in [3.05, 3.63) is 17.5 Å². The molecule has 0 spiro atoms. The summed E-state index contributed by atoms with van der Waals surface area (Å²) in [5.74, 6) is 2.29. The lowest BCUT2D eigenvalue weighted by atomic mass is 10.3. The molecule has 0 atom stereocenters. The quantitative estimate of drug-likeness (QED) is 0.846. The van der Waals surface area contributed by atoms with Crippen LogP contribution in [0.15, 0.2) is 8.83 Å². The fourth-order valence-corrected chi connectivity index (χ4v) is 1.46. The van der Waals surface area contributed by atoms with Crippen molar-refractivity contribution in [2.75, 3.05) is 7.11 Å². The van der Waals surface area contributed by atoms with E-state index in [1.54, 1.807) is 6.92 Å². The Morgan fingerprint density at radius 1 is 1.19 bits per heavy atom. The molecule has 0 aromatic carbocycles. The fraction of sp³-hybridized carbons (Fsp3) is 0.400. The summed E-state index contributed by atoms with van der Waals surface area (Å²) in [6.45, 7) is 3.81. The molecule has 6 nitrogen and oxygen atoms in total. The van der Waals surface area contributed by atoms with Crippen LogP contribution in [-0.2, 0) is 6.54 Å². The predicted molar refractivity (Wildman–Crippen MR) is 55.9 cm³/mol. The third-order valence-electron chi connectivity index (χ3n) is 2.12. The van der Waals surface area contributed by atoms with Crippen molar-refractivity contribution in [1.29, 1.82) is 0 Å². The van der Waals surface area contributed by atoms with Gasteiger partial charge in [0.05, 0.1) is 19.3 Å². The minimum absolute atomic E-state index is 0.211. The van der Waals surface area contributed by atoms with Gasteiger partial charge in [0.15, 0.2) is 11.7 Å². The highest BCUT2D eigenvalue weighted by atomic mass is 16.5. The van der Waals surface area contributed by atoms with Crippen molar-refractivity contribution in [3.63, 3.8) is 0 Å². The number of hydrogen-bond acceptors (Lipinski definition) is 6. The Kier molecular flexibility index (Phi) is 2.66. The zero-order valence-corrected chi connectivity index (χ0v) is 9.40. The second-order valence-electron chi connectivity index (χ2n) is 3.30. The second-order valence-corrected chi connectivity index (χ2v) is 3.30. The normalized spacial score (nSPS) is 10.8. The lowest BCUT2D eigenvalue weighted by molar-refractivity contribution is 0.394. The topological polar surface area (TPSA) is 87.3 Å². The van der Waals surface area contributed by atoms with Crippen LogP contribution in [-0.4, -0.2) is 17.1 Å². The van der Waals surface area contributed by atoms with Crippen LogP contribution in [0.3, 0.4) is 0 Å². The van der Waals surface area contributed by atoms with Crippen LogP contribution in [0.25, 0.3) is 11.5 Å². The van der Waals surface area contributed by atoms with Gasteiger partial charge in [0.1, 0.15) is 0 Å². The molecule has 0 fully saturated rings. The fourth-order valence-electron chi connectivity index (χ4n) is 1.46. The number of hydrogen-bond donors (Lipinski definition) is 1. The van der Waals surface area contributed by atoms with E-state index in [1.165, 1.54) is 7.11 Å². The van der Waals surface area contributed by atoms with Crippen LogP contribution in [0.1, 0.15) is 17.5 Å². The highest BCUT2D eigenvalue weighted by Crippen LogP contribution is 2.33. The molecule has 0 radical (unpaired) electrons. The molecule has 0 aliphatic rings. The van der Waals surface area contributed by atoms with Gasteiger partial charge in [0, 0.05) is 6.92 Å². The van der Waals surface area contributed by atoms with Crippen LogP contribution in [0.4, 0.5) is 0 Å². The number of ether oxygens (including phenoxy) is 1. The highest BCUT2D eigenvalue weighted by molar-refractivity contribution is 5.58. The maximum atomic E-state index is 5.45. The van der Waals surface area contributed by atoms with Gasteiger partial charge < -0.3 is 19.3 Å². The third kappa shape index (κ3) is 1.67. The average molecular weight is 223 g/mol. The molecule has 0 saturated carbocycles. The van der Waals surface area contributed by atoms with Gasteiger partial charge in [0.25, 0.3) is 5.88 Å². The lowest BCUT2D eigenvalue weighted by Gasteiger charge is -1.95. The first-order valence-electron chi connectivity index (χ1n) is 4.84. The first-order valence-corrected chi connectivity index (χ1v) is 4.84. The number of oxazole rings is 2. The summed E-state index contributed by atoms with van der Waals surface area (Å²) in [5.41, 5.74) is 6.18. The summed E-state index contributed by atoms with van der Waals surface area (Å²) in [6, 6.07) is 0. The molecule has 16 heavy (non-hydrogen) atoms. The Bertz CT molecular complexity index is 501. The molecule has 0 aliphatic heterocycles. The summed E-state index contributed by atoms with van der Waals surface area (Å²) in [6.07, 6.45) is 0. The van der Waals surface area contributed by atoms with Crippen molar-refractivity contribution < 1.29 is 13.6 Å². The van der Waals surface area contributed by atoms with Crippen molar-refractivity contribution in [1.82, 2.24) is 9.97 Å². The molecule has 0 unspecified atom stereocenters. The molecule has 2 rings (SSSR count). The molecule has 0 bridgehead atoms. The molecule has 2 N–H and O–H groups in total. The van der Waals surface area contributed by atoms with E-state index in [0.717, 1.165) is 5.69 Å². The monoisotopic (exact) mass is 223 g/mol. The van der Waals surface area contributed by atoms with E-state index in [4.69, 9.17) is 19.3 Å². The minimum Gasteiger partial charge on any atom is -0.478 e. The molecule has 2 aromatic rings. The standard InChI is InChI=1S/C10H13N3O3/c1-5-8(15-6(2)12-5)9-10(14-3)13-7(4-11)16-9/h4,11H2,1-3H3. The van der Waals surface area contributed by atoms with E-state index in [9.17, 15) is 0 Å². The van der Waals surface area contributed by atoms with Crippen molar-refractivity contribution in [2.24, 2.45) is 5.73 Å². The summed E-state index contributed by atoms with van der Waals surface area (Å²) >= 11 is 0. The largest absolute Gasteiger partial charge is 0.478 e. The Morgan fingerprint density at radius 2 is 1.94 bits per heavy atom. The molecular weight excluding hydrogens is 210 g/mol. The smallest absolute Gasteiger partial charge is 0.264 e. The van der Waals surface area contributed by atoms with Gasteiger partial charge in [-0.15, -0.1) is 0 Å². The molecule has 6 heteroatoms. The SMILES string of the molecule is COc1nc(CN)oc1-c1oc(C)nc1C. The van der Waals surface area contributed by atoms with E-state index in [1.807, 2.05) is 6.92 Å². The average Bonchev–Trinajstić information content (AvgIpc) is 2.81. The number of rotatable bonds is 3. The number of nitrogens with zero attached hydrogens (tertiary/aromatic N) is 2. The number of nitrogens with two attached hydrogens (primary N) is 1. The zero-order chi connectivity index (χ0) is 11.7. The maximum absolute atomic E-state index is 5.45. The Hall–Kier alpha value is -1.82.